The predicted octanol–water partition coefficient (Wildman–Crippen LogP) is 11.2. The minimum atomic E-state index is -0.878. The first kappa shape index (κ1) is 36.7. The second-order valence-electron chi connectivity index (χ2n) is 12.5. The predicted molar refractivity (Wildman–Crippen MR) is 209 cm³/mol. The molecule has 0 saturated carbocycles. The fourth-order valence-electron chi connectivity index (χ4n) is 6.82. The van der Waals surface area contributed by atoms with Crippen LogP contribution >= 0.6 is 0 Å². The summed E-state index contributed by atoms with van der Waals surface area (Å²) < 4.78 is 0. The van der Waals surface area contributed by atoms with Crippen LogP contribution in [0.3, 0.4) is 0 Å². The Morgan fingerprint density at radius 3 is 1.21 bits per heavy atom. The molecule has 0 amide bonds. The van der Waals surface area contributed by atoms with Crippen LogP contribution in [0.25, 0.3) is 43.8 Å². The van der Waals surface area contributed by atoms with E-state index in [2.05, 4.69) is 84.9 Å². The Labute approximate surface area is 323 Å². The van der Waals surface area contributed by atoms with Crippen LogP contribution in [-0.4, -0.2) is 22.2 Å². The van der Waals surface area contributed by atoms with Crippen LogP contribution in [0.5, 0.6) is 0 Å². The molecule has 0 saturated heterocycles. The van der Waals surface area contributed by atoms with Crippen LogP contribution in [0.4, 0.5) is 0 Å². The van der Waals surface area contributed by atoms with E-state index in [0.29, 0.717) is 11.1 Å². The number of fused-ring (bicyclic) bond motifs is 8. The van der Waals surface area contributed by atoms with Crippen LogP contribution in [0.1, 0.15) is 43.0 Å². The van der Waals surface area contributed by atoms with Gasteiger partial charge in [0.05, 0.1) is 11.1 Å². The molecule has 0 spiro atoms. The molecule has 8 aromatic rings. The molecule has 0 aliphatic heterocycles. The van der Waals surface area contributed by atoms with Crippen molar-refractivity contribution in [2.75, 3.05) is 0 Å². The van der Waals surface area contributed by atoms with Gasteiger partial charge in [-0.2, -0.15) is 59.7 Å². The van der Waals surface area contributed by atoms with Crippen molar-refractivity contribution >= 4 is 33.5 Å². The Balaban J connectivity index is 0.000000120. The van der Waals surface area contributed by atoms with E-state index in [4.69, 9.17) is 10.2 Å². The van der Waals surface area contributed by atoms with Gasteiger partial charge in [0, 0.05) is 0 Å². The summed E-state index contributed by atoms with van der Waals surface area (Å²) in [4.78, 5) is 21.6. The third kappa shape index (κ3) is 8.21. The zero-order valence-corrected chi connectivity index (χ0v) is 30.4. The minimum Gasteiger partial charge on any atom is -0.478 e. The molecule has 4 nitrogen and oxygen atoms in total. The van der Waals surface area contributed by atoms with E-state index in [0.717, 1.165) is 34.4 Å². The van der Waals surface area contributed by atoms with Crippen molar-refractivity contribution in [3.05, 3.63) is 215 Å². The topological polar surface area (TPSA) is 74.6 Å². The van der Waals surface area contributed by atoms with Crippen LogP contribution in [-0.2, 0) is 34.6 Å². The zero-order valence-electron chi connectivity index (χ0n) is 28.8. The average Bonchev–Trinajstić information content (AvgIpc) is 3.77. The Morgan fingerprint density at radius 2 is 0.774 bits per heavy atom. The minimum absolute atomic E-state index is 0. The molecule has 0 radical (unpaired) electrons. The smallest absolute Gasteiger partial charge is 0.478 e. The van der Waals surface area contributed by atoms with E-state index in [1.54, 1.807) is 24.3 Å². The molecule has 8 aromatic carbocycles. The molecule has 10 rings (SSSR count). The summed E-state index contributed by atoms with van der Waals surface area (Å²) in [6, 6.07) is 61.7. The molecule has 2 aliphatic rings. The summed E-state index contributed by atoms with van der Waals surface area (Å²) in [6.07, 6.45) is 2.10. The maximum atomic E-state index is 10.8. The molecule has 0 fully saturated rings. The summed E-state index contributed by atoms with van der Waals surface area (Å²) in [7, 11) is 0. The van der Waals surface area contributed by atoms with E-state index in [-0.39, 0.29) is 21.7 Å². The zero-order chi connectivity index (χ0) is 35.9. The van der Waals surface area contributed by atoms with E-state index in [1.165, 1.54) is 44.5 Å². The Morgan fingerprint density at radius 1 is 0.415 bits per heavy atom. The van der Waals surface area contributed by atoms with Crippen LogP contribution < -0.4 is 0 Å². The van der Waals surface area contributed by atoms with Crippen molar-refractivity contribution in [2.24, 2.45) is 0 Å². The first-order chi connectivity index (χ1) is 25.5. The largest absolute Gasteiger partial charge is 2.00 e. The number of aromatic carboxylic acids is 2. The molecule has 0 atom stereocenters. The molecular weight excluding hydrogens is 688 g/mol. The van der Waals surface area contributed by atoms with E-state index in [9.17, 15) is 9.59 Å². The summed E-state index contributed by atoms with van der Waals surface area (Å²) in [5, 5.41) is 21.3. The normalized spacial score (nSPS) is 11.0. The number of rotatable bonds is 2. The quantitative estimate of drug-likeness (QED) is 0.138. The van der Waals surface area contributed by atoms with E-state index < -0.39 is 11.9 Å². The number of benzene rings is 8. The molecule has 254 valence electrons. The van der Waals surface area contributed by atoms with Crippen molar-refractivity contribution in [3.63, 3.8) is 0 Å². The second kappa shape index (κ2) is 17.0. The molecule has 0 heterocycles. The van der Waals surface area contributed by atoms with Crippen molar-refractivity contribution in [2.45, 2.75) is 12.8 Å². The van der Waals surface area contributed by atoms with E-state index >= 15 is 0 Å². The Hall–Kier alpha value is -6.07. The van der Waals surface area contributed by atoms with Gasteiger partial charge in [0.1, 0.15) is 0 Å². The fourth-order valence-corrected chi connectivity index (χ4v) is 6.82. The summed E-state index contributed by atoms with van der Waals surface area (Å²) >= 11 is 0. The molecule has 53 heavy (non-hydrogen) atoms. The first-order valence-corrected chi connectivity index (χ1v) is 17.1. The fraction of sp³-hybridized carbons (Fsp3) is 0.0417. The average molecular weight is 723 g/mol. The van der Waals surface area contributed by atoms with Gasteiger partial charge in [-0.1, -0.05) is 144 Å². The van der Waals surface area contributed by atoms with Gasteiger partial charge in [-0.05, 0) is 46.5 Å². The van der Waals surface area contributed by atoms with Crippen molar-refractivity contribution in [1.82, 2.24) is 0 Å². The van der Waals surface area contributed by atoms with E-state index in [1.807, 2.05) is 72.8 Å². The monoisotopic (exact) mass is 722 g/mol. The number of hydrogen-bond donors (Lipinski definition) is 2. The molecule has 0 aromatic heterocycles. The van der Waals surface area contributed by atoms with Gasteiger partial charge in [-0.15, -0.1) is 11.1 Å². The van der Waals surface area contributed by atoms with Crippen LogP contribution in [0, 0.1) is 12.1 Å². The van der Waals surface area contributed by atoms with Crippen molar-refractivity contribution < 1.29 is 41.5 Å². The third-order valence-corrected chi connectivity index (χ3v) is 9.27. The number of carboxylic acids is 2. The third-order valence-electron chi connectivity index (χ3n) is 9.27. The number of hydrogen-bond acceptors (Lipinski definition) is 2. The molecule has 5 heteroatoms. The van der Waals surface area contributed by atoms with Gasteiger partial charge in [0.15, 0.2) is 0 Å². The van der Waals surface area contributed by atoms with Crippen LogP contribution in [0.15, 0.2) is 170 Å². The summed E-state index contributed by atoms with van der Waals surface area (Å²) in [5.74, 6) is -1.76. The molecule has 0 unspecified atom stereocenters. The first-order valence-electron chi connectivity index (χ1n) is 17.1. The standard InChI is InChI=1S/2C13H9.2C11H8O2.Ti/c2*1-3-7-12-10(5-1)9-11-6-2-4-8-13(11)12;2*12-11(13)10-7-3-5-8-4-1-2-6-9(8)10;/h2*1-5,7-8H,9H2;2*1-7H,(H,12,13);/q2*-1;;;+2. The van der Waals surface area contributed by atoms with Gasteiger partial charge in [-0.25, -0.2) is 9.59 Å². The molecule has 2 N–H and O–H groups in total. The molecule has 0 bridgehead atoms. The summed E-state index contributed by atoms with van der Waals surface area (Å²) in [5.41, 5.74) is 11.7. The second-order valence-corrected chi connectivity index (χ2v) is 12.5. The maximum Gasteiger partial charge on any atom is 2.00 e. The molecule has 2 aliphatic carbocycles. The number of carboxylic acid groups (broad SMARTS) is 2. The van der Waals surface area contributed by atoms with Gasteiger partial charge in [-0.3, -0.25) is 0 Å². The van der Waals surface area contributed by atoms with Crippen molar-refractivity contribution in [1.29, 1.82) is 0 Å². The maximum absolute atomic E-state index is 10.8. The van der Waals surface area contributed by atoms with Gasteiger partial charge in [0.2, 0.25) is 0 Å². The number of carbonyl (C=O) groups is 2. The Bertz CT molecular complexity index is 2280. The van der Waals surface area contributed by atoms with Gasteiger partial charge in [0.25, 0.3) is 0 Å². The van der Waals surface area contributed by atoms with Gasteiger partial charge < -0.3 is 10.2 Å². The van der Waals surface area contributed by atoms with Crippen LogP contribution in [0.2, 0.25) is 0 Å². The summed E-state index contributed by atoms with van der Waals surface area (Å²) in [6.45, 7) is 0. The SMILES string of the molecule is O=C(O)c1cccc2ccccc12.O=C(O)c1cccc2ccccc12.[Ti+2].[c-]1cccc2c1Cc1ccccc1-2.[c-]1cccc2c1Cc1ccccc1-2. The van der Waals surface area contributed by atoms with Crippen molar-refractivity contribution in [3.8, 4) is 22.3 Å². The van der Waals surface area contributed by atoms with Gasteiger partial charge >= 0.3 is 33.7 Å². The molecular formula is C48H34O4Ti. The Kier molecular flexibility index (Phi) is 11.8.